The molecule has 2 aromatic carbocycles. The number of anilines is 2. The van der Waals surface area contributed by atoms with Crippen LogP contribution in [0.25, 0.3) is 0 Å². The van der Waals surface area contributed by atoms with Crippen molar-refractivity contribution in [3.05, 3.63) is 77.9 Å². The van der Waals surface area contributed by atoms with Gasteiger partial charge in [0.2, 0.25) is 11.8 Å². The largest absolute Gasteiger partial charge is 0.481 e. The van der Waals surface area contributed by atoms with Crippen LogP contribution in [0.5, 0.6) is 11.8 Å². The molecule has 8 nitrogen and oxygen atoms in total. The van der Waals surface area contributed by atoms with Gasteiger partial charge in [-0.2, -0.15) is 4.98 Å². The van der Waals surface area contributed by atoms with Crippen LogP contribution in [0, 0.1) is 5.92 Å². The number of methoxy groups -OCH3 is 1. The van der Waals surface area contributed by atoms with Crippen molar-refractivity contribution in [3.63, 3.8) is 0 Å². The topological polar surface area (TPSA) is 110 Å². The minimum Gasteiger partial charge on any atom is -0.481 e. The zero-order valence-corrected chi connectivity index (χ0v) is 22.3. The minimum absolute atomic E-state index is 0.0289. The first-order valence-electron chi connectivity index (χ1n) is 13.0. The van der Waals surface area contributed by atoms with Gasteiger partial charge >= 0.3 is 12.0 Å². The van der Waals surface area contributed by atoms with Gasteiger partial charge in [0.15, 0.2) is 0 Å². The van der Waals surface area contributed by atoms with Gasteiger partial charge in [-0.05, 0) is 42.0 Å². The van der Waals surface area contributed by atoms with Crippen molar-refractivity contribution >= 4 is 23.4 Å². The molecule has 1 aromatic heterocycles. The summed E-state index contributed by atoms with van der Waals surface area (Å²) in [5.41, 5.74) is 3.30. The number of urea groups is 1. The summed E-state index contributed by atoms with van der Waals surface area (Å²) in [6.45, 7) is 4.50. The Hall–Kier alpha value is -4.07. The molecule has 0 atom stereocenters. The van der Waals surface area contributed by atoms with Crippen molar-refractivity contribution in [2.24, 2.45) is 5.92 Å². The van der Waals surface area contributed by atoms with Crippen molar-refractivity contribution in [2.45, 2.75) is 58.5 Å². The van der Waals surface area contributed by atoms with E-state index in [1.54, 1.807) is 12.1 Å². The highest BCUT2D eigenvalue weighted by atomic mass is 16.5. The summed E-state index contributed by atoms with van der Waals surface area (Å²) in [4.78, 5) is 27.3. The van der Waals surface area contributed by atoms with Gasteiger partial charge in [-0.25, -0.2) is 4.79 Å². The second kappa shape index (κ2) is 14.6. The zero-order chi connectivity index (χ0) is 27.3. The molecule has 0 bridgehead atoms. The van der Waals surface area contributed by atoms with Crippen LogP contribution in [0.3, 0.4) is 0 Å². The summed E-state index contributed by atoms with van der Waals surface area (Å²) in [5.74, 6) is 0.358. The molecule has 3 aromatic rings. The number of benzene rings is 2. The lowest BCUT2D eigenvalue weighted by atomic mass is 9.90. The number of nitrogens with zero attached hydrogens (tertiary/aromatic N) is 1. The maximum Gasteiger partial charge on any atom is 0.323 e. The number of nitrogens with one attached hydrogen (secondary N) is 2. The number of carbonyl (C=O) groups excluding carboxylic acids is 1. The second-order valence-electron chi connectivity index (χ2n) is 9.47. The standard InChI is InChI=1S/C23H25N3O3.C7H12O2/c1-16(2)18-11-7-8-12-19(18)24-23(27)25-20-13-14-21(28-3)26-22(20)29-15-17-9-5-4-6-10-17;8-7(9)6-4-2-1-3-5-6/h4-14,16H,15H2,1-3H3,(H2,24,25,27);6H,1-5H2,(H,8,9). The number of hydrogen-bond acceptors (Lipinski definition) is 5. The molecular weight excluding hydrogens is 482 g/mol. The average Bonchev–Trinajstić information content (AvgIpc) is 2.94. The van der Waals surface area contributed by atoms with Crippen LogP contribution in [0.15, 0.2) is 66.7 Å². The lowest BCUT2D eigenvalue weighted by molar-refractivity contribution is -0.142. The number of para-hydroxylation sites is 1. The van der Waals surface area contributed by atoms with Crippen LogP contribution in [0.2, 0.25) is 0 Å². The molecule has 0 saturated heterocycles. The molecule has 0 aliphatic heterocycles. The fourth-order valence-corrected chi connectivity index (χ4v) is 4.21. The zero-order valence-electron chi connectivity index (χ0n) is 22.3. The monoisotopic (exact) mass is 519 g/mol. The van der Waals surface area contributed by atoms with Gasteiger partial charge in [0, 0.05) is 11.8 Å². The Kier molecular flexibility index (Phi) is 11.0. The molecule has 8 heteroatoms. The lowest BCUT2D eigenvalue weighted by Gasteiger charge is -2.16. The molecule has 3 N–H and O–H groups in total. The number of carboxylic acid groups (broad SMARTS) is 1. The van der Waals surface area contributed by atoms with E-state index in [9.17, 15) is 9.59 Å². The number of hydrogen-bond donors (Lipinski definition) is 3. The molecule has 0 radical (unpaired) electrons. The Morgan fingerprint density at radius 1 is 0.921 bits per heavy atom. The first kappa shape index (κ1) is 28.5. The number of aromatic nitrogens is 1. The summed E-state index contributed by atoms with van der Waals surface area (Å²) in [6.07, 6.45) is 5.24. The lowest BCUT2D eigenvalue weighted by Crippen LogP contribution is -2.21. The molecule has 4 rings (SSSR count). The van der Waals surface area contributed by atoms with Gasteiger partial charge in [-0.1, -0.05) is 81.6 Å². The van der Waals surface area contributed by atoms with E-state index in [2.05, 4.69) is 29.5 Å². The Balaban J connectivity index is 0.000000375. The molecule has 0 unspecified atom stereocenters. The van der Waals surface area contributed by atoms with E-state index < -0.39 is 5.97 Å². The summed E-state index contributed by atoms with van der Waals surface area (Å²) in [5, 5.41) is 14.3. The predicted octanol–water partition coefficient (Wildman–Crippen LogP) is 7.09. The minimum atomic E-state index is -0.602. The van der Waals surface area contributed by atoms with E-state index in [1.165, 1.54) is 13.5 Å². The summed E-state index contributed by atoms with van der Waals surface area (Å²) in [6, 6.07) is 20.5. The van der Waals surface area contributed by atoms with Gasteiger partial charge in [0.05, 0.1) is 13.0 Å². The van der Waals surface area contributed by atoms with Crippen LogP contribution in [0.1, 0.15) is 63.0 Å². The van der Waals surface area contributed by atoms with E-state index in [0.717, 1.165) is 42.5 Å². The second-order valence-corrected chi connectivity index (χ2v) is 9.47. The Morgan fingerprint density at radius 3 is 2.21 bits per heavy atom. The van der Waals surface area contributed by atoms with Gasteiger partial charge < -0.3 is 25.2 Å². The molecule has 1 aliphatic carbocycles. The number of carbonyl (C=O) groups is 2. The number of carboxylic acids is 1. The van der Waals surface area contributed by atoms with E-state index >= 15 is 0 Å². The highest BCUT2D eigenvalue weighted by molar-refractivity contribution is 6.01. The molecule has 0 spiro atoms. The quantitative estimate of drug-likeness (QED) is 0.293. The van der Waals surface area contributed by atoms with Crippen molar-refractivity contribution in [1.82, 2.24) is 4.98 Å². The third-order valence-corrected chi connectivity index (χ3v) is 6.30. The number of amides is 2. The fourth-order valence-electron chi connectivity index (χ4n) is 4.21. The molecular formula is C30H37N3O5. The fraction of sp³-hybridized carbons (Fsp3) is 0.367. The molecule has 38 heavy (non-hydrogen) atoms. The molecule has 1 aliphatic rings. The summed E-state index contributed by atoms with van der Waals surface area (Å²) < 4.78 is 11.0. The maximum atomic E-state index is 12.6. The Morgan fingerprint density at radius 2 is 1.58 bits per heavy atom. The van der Waals surface area contributed by atoms with Crippen molar-refractivity contribution in [3.8, 4) is 11.8 Å². The normalized spacial score (nSPS) is 13.2. The van der Waals surface area contributed by atoms with Gasteiger partial charge in [-0.15, -0.1) is 0 Å². The predicted molar refractivity (Wildman–Crippen MR) is 149 cm³/mol. The van der Waals surface area contributed by atoms with Crippen molar-refractivity contribution < 1.29 is 24.2 Å². The van der Waals surface area contributed by atoms with Gasteiger partial charge in [-0.3, -0.25) is 4.79 Å². The number of aliphatic carboxylic acids is 1. The first-order chi connectivity index (χ1) is 18.4. The van der Waals surface area contributed by atoms with E-state index in [1.807, 2.05) is 54.6 Å². The maximum absolute atomic E-state index is 12.6. The Labute approximate surface area is 224 Å². The average molecular weight is 520 g/mol. The van der Waals surface area contributed by atoms with Crippen molar-refractivity contribution in [2.75, 3.05) is 17.7 Å². The number of rotatable bonds is 8. The van der Waals surface area contributed by atoms with E-state index in [0.29, 0.717) is 30.0 Å². The number of pyridine rings is 1. The highest BCUT2D eigenvalue weighted by Crippen LogP contribution is 2.28. The molecule has 1 fully saturated rings. The molecule has 202 valence electrons. The smallest absolute Gasteiger partial charge is 0.323 e. The van der Waals surface area contributed by atoms with Crippen LogP contribution >= 0.6 is 0 Å². The number of ether oxygens (including phenoxy) is 2. The van der Waals surface area contributed by atoms with Gasteiger partial charge in [0.1, 0.15) is 12.3 Å². The molecule has 1 saturated carbocycles. The van der Waals surface area contributed by atoms with Crippen LogP contribution in [-0.4, -0.2) is 29.2 Å². The first-order valence-corrected chi connectivity index (χ1v) is 13.0. The SMILES string of the molecule is COc1ccc(NC(=O)Nc2ccccc2C(C)C)c(OCc2ccccc2)n1.O=C(O)C1CCCCC1. The van der Waals surface area contributed by atoms with Crippen LogP contribution < -0.4 is 20.1 Å². The molecule has 1 heterocycles. The van der Waals surface area contributed by atoms with Gasteiger partial charge in [0.25, 0.3) is 0 Å². The summed E-state index contributed by atoms with van der Waals surface area (Å²) >= 11 is 0. The third kappa shape index (κ3) is 8.80. The molecule has 2 amide bonds. The van der Waals surface area contributed by atoms with E-state index in [-0.39, 0.29) is 11.9 Å². The third-order valence-electron chi connectivity index (χ3n) is 6.30. The highest BCUT2D eigenvalue weighted by Gasteiger charge is 2.19. The Bertz CT molecular complexity index is 1180. The van der Waals surface area contributed by atoms with Crippen molar-refractivity contribution in [1.29, 1.82) is 0 Å². The van der Waals surface area contributed by atoms with E-state index in [4.69, 9.17) is 14.6 Å². The van der Waals surface area contributed by atoms with Crippen LogP contribution in [0.4, 0.5) is 16.2 Å². The summed E-state index contributed by atoms with van der Waals surface area (Å²) in [7, 11) is 1.53. The van der Waals surface area contributed by atoms with Crippen LogP contribution in [-0.2, 0) is 11.4 Å².